The SMILES string of the molecule is COC(=O)[C@H](Cc1ccc(OC(C)=O)c(OC(C)=O)c1)NC(=O)[C@@](C)(N)Cc1ccccc1.Cl. The van der Waals surface area contributed by atoms with Gasteiger partial charge in [0.1, 0.15) is 6.04 Å². The van der Waals surface area contributed by atoms with Crippen molar-refractivity contribution >= 4 is 36.2 Å². The molecule has 0 aliphatic carbocycles. The van der Waals surface area contributed by atoms with Crippen LogP contribution in [0.2, 0.25) is 0 Å². The highest BCUT2D eigenvalue weighted by molar-refractivity contribution is 5.90. The molecule has 0 fully saturated rings. The van der Waals surface area contributed by atoms with Crippen LogP contribution < -0.4 is 20.5 Å². The Morgan fingerprint density at radius 2 is 1.53 bits per heavy atom. The van der Waals surface area contributed by atoms with Crippen LogP contribution >= 0.6 is 12.4 Å². The van der Waals surface area contributed by atoms with E-state index in [1.54, 1.807) is 13.0 Å². The maximum absolute atomic E-state index is 12.9. The van der Waals surface area contributed by atoms with Crippen molar-refractivity contribution in [3.8, 4) is 11.5 Å². The molecule has 1 amide bonds. The number of hydrogen-bond acceptors (Lipinski definition) is 8. The smallest absolute Gasteiger partial charge is 0.328 e. The van der Waals surface area contributed by atoms with Crippen molar-refractivity contribution in [2.75, 3.05) is 7.11 Å². The largest absolute Gasteiger partial charge is 0.467 e. The number of hydrogen-bond donors (Lipinski definition) is 2. The number of methoxy groups -OCH3 is 1. The quantitative estimate of drug-likeness (QED) is 0.401. The van der Waals surface area contributed by atoms with E-state index >= 15 is 0 Å². The van der Waals surface area contributed by atoms with Gasteiger partial charge in [-0.2, -0.15) is 0 Å². The van der Waals surface area contributed by atoms with Crippen LogP contribution in [0.25, 0.3) is 0 Å². The van der Waals surface area contributed by atoms with E-state index in [1.807, 2.05) is 30.3 Å². The van der Waals surface area contributed by atoms with Crippen molar-refractivity contribution in [1.82, 2.24) is 5.32 Å². The Bertz CT molecular complexity index is 1030. The minimum absolute atomic E-state index is 0. The highest BCUT2D eigenvalue weighted by Gasteiger charge is 2.33. The lowest BCUT2D eigenvalue weighted by atomic mass is 9.92. The van der Waals surface area contributed by atoms with E-state index < -0.39 is 35.4 Å². The minimum Gasteiger partial charge on any atom is -0.467 e. The number of nitrogens with one attached hydrogen (secondary N) is 1. The molecule has 0 aliphatic heterocycles. The van der Waals surface area contributed by atoms with Gasteiger partial charge >= 0.3 is 17.9 Å². The molecule has 0 unspecified atom stereocenters. The summed E-state index contributed by atoms with van der Waals surface area (Å²) in [6, 6.07) is 12.7. The van der Waals surface area contributed by atoms with Crippen molar-refractivity contribution in [3.63, 3.8) is 0 Å². The number of ether oxygens (including phenoxy) is 3. The van der Waals surface area contributed by atoms with Crippen LogP contribution in [0.4, 0.5) is 0 Å². The Kier molecular flexibility index (Phi) is 10.7. The van der Waals surface area contributed by atoms with Gasteiger partial charge in [-0.25, -0.2) is 4.79 Å². The topological polar surface area (TPSA) is 134 Å². The molecule has 3 N–H and O–H groups in total. The Labute approximate surface area is 204 Å². The van der Waals surface area contributed by atoms with Crippen LogP contribution in [0.3, 0.4) is 0 Å². The molecule has 2 rings (SSSR count). The first-order chi connectivity index (χ1) is 15.5. The third-order valence-electron chi connectivity index (χ3n) is 4.68. The fraction of sp³-hybridized carbons (Fsp3) is 0.333. The standard InChI is InChI=1S/C24H28N2O7.ClH/c1-15(27)32-20-11-10-18(13-21(20)33-16(2)28)12-19(22(29)31-4)26-23(30)24(3,25)14-17-8-6-5-7-9-17;/h5-11,13,19H,12,14,25H2,1-4H3,(H,26,30);1H/t19-,24-;/m0./s1. The molecule has 34 heavy (non-hydrogen) atoms. The van der Waals surface area contributed by atoms with Crippen molar-refractivity contribution < 1.29 is 33.4 Å². The Hall–Kier alpha value is -3.43. The summed E-state index contributed by atoms with van der Waals surface area (Å²) < 4.78 is 15.0. The van der Waals surface area contributed by atoms with Crippen molar-refractivity contribution in [2.45, 2.75) is 45.2 Å². The number of halogens is 1. The zero-order valence-electron chi connectivity index (χ0n) is 19.5. The molecular weight excluding hydrogens is 464 g/mol. The maximum Gasteiger partial charge on any atom is 0.328 e. The van der Waals surface area contributed by atoms with Gasteiger partial charge in [-0.1, -0.05) is 36.4 Å². The maximum atomic E-state index is 12.9. The van der Waals surface area contributed by atoms with Crippen LogP contribution in [0.15, 0.2) is 48.5 Å². The molecule has 0 spiro atoms. The van der Waals surface area contributed by atoms with E-state index in [9.17, 15) is 19.2 Å². The lowest BCUT2D eigenvalue weighted by Gasteiger charge is -2.26. The predicted octanol–water partition coefficient (Wildman–Crippen LogP) is 2.12. The second-order valence-electron chi connectivity index (χ2n) is 7.80. The molecule has 0 radical (unpaired) electrons. The molecule has 2 atom stereocenters. The summed E-state index contributed by atoms with van der Waals surface area (Å²) in [6.07, 6.45) is 0.287. The third kappa shape index (κ3) is 8.49. The van der Waals surface area contributed by atoms with Gasteiger partial charge in [0.15, 0.2) is 11.5 Å². The summed E-state index contributed by atoms with van der Waals surface area (Å²) in [5, 5.41) is 2.65. The molecule has 0 heterocycles. The predicted molar refractivity (Wildman–Crippen MR) is 127 cm³/mol. The number of carbonyl (C=O) groups is 4. The molecule has 0 saturated heterocycles. The van der Waals surface area contributed by atoms with Gasteiger partial charge in [0.05, 0.1) is 12.6 Å². The fourth-order valence-corrected chi connectivity index (χ4v) is 3.15. The normalized spacial score (nSPS) is 12.9. The average molecular weight is 493 g/mol. The van der Waals surface area contributed by atoms with Crippen molar-refractivity contribution in [3.05, 3.63) is 59.7 Å². The lowest BCUT2D eigenvalue weighted by molar-refractivity contribution is -0.145. The van der Waals surface area contributed by atoms with Crippen molar-refractivity contribution in [1.29, 1.82) is 0 Å². The van der Waals surface area contributed by atoms with Crippen LogP contribution in [-0.2, 0) is 36.8 Å². The number of amides is 1. The number of carbonyl (C=O) groups excluding carboxylic acids is 4. The highest BCUT2D eigenvalue weighted by atomic mass is 35.5. The van der Waals surface area contributed by atoms with E-state index in [-0.39, 0.29) is 36.7 Å². The first kappa shape index (κ1) is 28.6. The first-order valence-corrected chi connectivity index (χ1v) is 10.2. The van der Waals surface area contributed by atoms with Gasteiger partial charge in [0, 0.05) is 20.3 Å². The van der Waals surface area contributed by atoms with Gasteiger partial charge < -0.3 is 25.3 Å². The average Bonchev–Trinajstić information content (AvgIpc) is 2.74. The van der Waals surface area contributed by atoms with Crippen LogP contribution in [0, 0.1) is 0 Å². The molecule has 0 aliphatic rings. The molecule has 0 saturated carbocycles. The van der Waals surface area contributed by atoms with Gasteiger partial charge in [0.2, 0.25) is 5.91 Å². The van der Waals surface area contributed by atoms with Crippen molar-refractivity contribution in [2.24, 2.45) is 5.73 Å². The molecule has 0 bridgehead atoms. The van der Waals surface area contributed by atoms with E-state index in [0.29, 0.717) is 5.56 Å². The lowest BCUT2D eigenvalue weighted by Crippen LogP contribution is -2.57. The molecule has 10 heteroatoms. The summed E-state index contributed by atoms with van der Waals surface area (Å²) >= 11 is 0. The number of rotatable bonds is 9. The van der Waals surface area contributed by atoms with Gasteiger partial charge in [-0.3, -0.25) is 14.4 Å². The van der Waals surface area contributed by atoms with Crippen LogP contribution in [0.1, 0.15) is 31.9 Å². The fourth-order valence-electron chi connectivity index (χ4n) is 3.15. The van der Waals surface area contributed by atoms with Gasteiger partial charge in [0.25, 0.3) is 0 Å². The first-order valence-electron chi connectivity index (χ1n) is 10.2. The number of benzene rings is 2. The van der Waals surface area contributed by atoms with Gasteiger partial charge in [-0.15, -0.1) is 12.4 Å². The third-order valence-corrected chi connectivity index (χ3v) is 4.68. The molecule has 184 valence electrons. The summed E-state index contributed by atoms with van der Waals surface area (Å²) in [5.41, 5.74) is 6.37. The van der Waals surface area contributed by atoms with Gasteiger partial charge in [-0.05, 0) is 36.6 Å². The van der Waals surface area contributed by atoms with E-state index in [4.69, 9.17) is 19.9 Å². The second-order valence-corrected chi connectivity index (χ2v) is 7.80. The van der Waals surface area contributed by atoms with E-state index in [0.717, 1.165) is 5.56 Å². The van der Waals surface area contributed by atoms with E-state index in [1.165, 1.54) is 33.1 Å². The number of nitrogens with two attached hydrogens (primary N) is 1. The summed E-state index contributed by atoms with van der Waals surface area (Å²) in [5.74, 6) is -2.33. The summed E-state index contributed by atoms with van der Waals surface area (Å²) in [4.78, 5) is 48.0. The van der Waals surface area contributed by atoms with Crippen LogP contribution in [-0.4, -0.2) is 42.5 Å². The molecule has 9 nitrogen and oxygen atoms in total. The molecular formula is C24H29ClN2O7. The Morgan fingerprint density at radius 1 is 0.941 bits per heavy atom. The summed E-state index contributed by atoms with van der Waals surface area (Å²) in [6.45, 7) is 4.00. The second kappa shape index (κ2) is 12.7. The molecule has 0 aromatic heterocycles. The van der Waals surface area contributed by atoms with E-state index in [2.05, 4.69) is 5.32 Å². The number of esters is 3. The zero-order chi connectivity index (χ0) is 24.6. The zero-order valence-corrected chi connectivity index (χ0v) is 20.3. The minimum atomic E-state index is -1.28. The molecule has 2 aromatic rings. The highest BCUT2D eigenvalue weighted by Crippen LogP contribution is 2.29. The Balaban J connectivity index is 0.00000578. The summed E-state index contributed by atoms with van der Waals surface area (Å²) in [7, 11) is 1.21. The molecule has 2 aromatic carbocycles. The Morgan fingerprint density at radius 3 is 2.09 bits per heavy atom. The van der Waals surface area contributed by atoms with Crippen LogP contribution in [0.5, 0.6) is 11.5 Å². The monoisotopic (exact) mass is 492 g/mol.